The van der Waals surface area contributed by atoms with Gasteiger partial charge < -0.3 is 9.47 Å². The molecule has 1 unspecified atom stereocenters. The van der Waals surface area contributed by atoms with Gasteiger partial charge in [0.25, 0.3) is 0 Å². The van der Waals surface area contributed by atoms with Crippen LogP contribution in [0.4, 0.5) is 10.5 Å². The molecule has 28 heavy (non-hydrogen) atoms. The highest BCUT2D eigenvalue weighted by molar-refractivity contribution is 5.84. The fourth-order valence-corrected chi connectivity index (χ4v) is 2.92. The van der Waals surface area contributed by atoms with Crippen molar-refractivity contribution in [1.82, 2.24) is 0 Å². The second-order valence-corrected chi connectivity index (χ2v) is 6.98. The molecule has 0 fully saturated rings. The number of benzene rings is 2. The first kappa shape index (κ1) is 21.7. The zero-order chi connectivity index (χ0) is 20.2. The van der Waals surface area contributed by atoms with E-state index in [9.17, 15) is 4.79 Å². The molecule has 2 aromatic rings. The summed E-state index contributed by atoms with van der Waals surface area (Å²) in [4.78, 5) is 11.9. The first-order chi connectivity index (χ1) is 13.6. The number of carbonyl (C=O) groups is 1. The Labute approximate surface area is 168 Å². The highest BCUT2D eigenvalue weighted by atomic mass is 16.5. The van der Waals surface area contributed by atoms with Gasteiger partial charge in [0.15, 0.2) is 0 Å². The van der Waals surface area contributed by atoms with Gasteiger partial charge in [-0.05, 0) is 55.9 Å². The predicted octanol–water partition coefficient (Wildman–Crippen LogP) is 5.90. The largest absolute Gasteiger partial charge is 0.449 e. The van der Waals surface area contributed by atoms with Crippen molar-refractivity contribution >= 4 is 11.8 Å². The minimum absolute atomic E-state index is 0.109. The van der Waals surface area contributed by atoms with Gasteiger partial charge in [-0.3, -0.25) is 5.32 Å². The normalized spacial score (nSPS) is 11.6. The molecule has 0 saturated heterocycles. The lowest BCUT2D eigenvalue weighted by atomic mass is 10.0. The molecule has 0 aliphatic heterocycles. The molecule has 0 spiro atoms. The SMILES string of the molecule is C=CC(CCCCCOC(=O)Nc1ccc(Cc2ccc(C)cc2)cc1)OC. The molecule has 0 heterocycles. The van der Waals surface area contributed by atoms with E-state index >= 15 is 0 Å². The zero-order valence-electron chi connectivity index (χ0n) is 16.9. The number of rotatable bonds is 11. The second-order valence-electron chi connectivity index (χ2n) is 6.98. The monoisotopic (exact) mass is 381 g/mol. The van der Waals surface area contributed by atoms with Crippen LogP contribution in [0.1, 0.15) is 42.4 Å². The maximum Gasteiger partial charge on any atom is 0.411 e. The van der Waals surface area contributed by atoms with Crippen molar-refractivity contribution in [2.24, 2.45) is 0 Å². The van der Waals surface area contributed by atoms with E-state index in [1.165, 1.54) is 16.7 Å². The molecule has 0 bridgehead atoms. The van der Waals surface area contributed by atoms with Gasteiger partial charge in [-0.15, -0.1) is 6.58 Å². The molecule has 150 valence electrons. The fourth-order valence-electron chi connectivity index (χ4n) is 2.92. The van der Waals surface area contributed by atoms with E-state index in [0.29, 0.717) is 6.61 Å². The van der Waals surface area contributed by atoms with Gasteiger partial charge in [0, 0.05) is 12.8 Å². The molecular weight excluding hydrogens is 350 g/mol. The third-order valence-corrected chi connectivity index (χ3v) is 4.66. The van der Waals surface area contributed by atoms with E-state index in [-0.39, 0.29) is 6.10 Å². The van der Waals surface area contributed by atoms with E-state index in [4.69, 9.17) is 9.47 Å². The van der Waals surface area contributed by atoms with Crippen LogP contribution in [0.2, 0.25) is 0 Å². The number of carbonyl (C=O) groups excluding carboxylic acids is 1. The van der Waals surface area contributed by atoms with Crippen LogP contribution in [-0.4, -0.2) is 25.9 Å². The summed E-state index contributed by atoms with van der Waals surface area (Å²) in [7, 11) is 1.69. The minimum atomic E-state index is -0.410. The average Bonchev–Trinajstić information content (AvgIpc) is 2.71. The van der Waals surface area contributed by atoms with Gasteiger partial charge in [-0.2, -0.15) is 0 Å². The Morgan fingerprint density at radius 3 is 2.29 bits per heavy atom. The molecule has 1 amide bonds. The average molecular weight is 382 g/mol. The van der Waals surface area contributed by atoms with Crippen molar-refractivity contribution in [2.45, 2.75) is 45.1 Å². The standard InChI is InChI=1S/C24H31NO3/c1-4-23(27-3)8-6-5-7-17-28-24(26)25-22-15-13-21(14-16-22)18-20-11-9-19(2)10-12-20/h4,9-16,23H,1,5-8,17-18H2,2-3H3,(H,25,26). The molecule has 2 rings (SSSR count). The van der Waals surface area contributed by atoms with E-state index in [1.54, 1.807) is 7.11 Å². The van der Waals surface area contributed by atoms with Crippen LogP contribution >= 0.6 is 0 Å². The van der Waals surface area contributed by atoms with Crippen LogP contribution in [0.5, 0.6) is 0 Å². The molecule has 4 heteroatoms. The van der Waals surface area contributed by atoms with E-state index < -0.39 is 6.09 Å². The Balaban J connectivity index is 1.65. The molecule has 0 aromatic heterocycles. The van der Waals surface area contributed by atoms with Crippen LogP contribution in [0.15, 0.2) is 61.2 Å². The van der Waals surface area contributed by atoms with Crippen LogP contribution in [-0.2, 0) is 15.9 Å². The highest BCUT2D eigenvalue weighted by Gasteiger charge is 2.05. The maximum absolute atomic E-state index is 11.9. The lowest BCUT2D eigenvalue weighted by molar-refractivity contribution is 0.129. The van der Waals surface area contributed by atoms with E-state index in [2.05, 4.69) is 43.1 Å². The molecule has 0 radical (unpaired) electrons. The number of ether oxygens (including phenoxy) is 2. The van der Waals surface area contributed by atoms with Gasteiger partial charge >= 0.3 is 6.09 Å². The van der Waals surface area contributed by atoms with Crippen molar-refractivity contribution in [3.05, 3.63) is 77.9 Å². The molecule has 0 aliphatic rings. The molecule has 0 aliphatic carbocycles. The topological polar surface area (TPSA) is 47.6 Å². The van der Waals surface area contributed by atoms with Crippen molar-refractivity contribution in [3.63, 3.8) is 0 Å². The number of nitrogens with one attached hydrogen (secondary N) is 1. The summed E-state index contributed by atoms with van der Waals surface area (Å²) in [6.07, 6.45) is 6.20. The van der Waals surface area contributed by atoms with Crippen molar-refractivity contribution in [1.29, 1.82) is 0 Å². The number of anilines is 1. The third kappa shape index (κ3) is 7.97. The van der Waals surface area contributed by atoms with Gasteiger partial charge in [0.2, 0.25) is 0 Å². The van der Waals surface area contributed by atoms with Crippen molar-refractivity contribution in [3.8, 4) is 0 Å². The molecule has 0 saturated carbocycles. The van der Waals surface area contributed by atoms with Crippen molar-refractivity contribution in [2.75, 3.05) is 19.0 Å². The van der Waals surface area contributed by atoms with Crippen LogP contribution in [0.25, 0.3) is 0 Å². The smallest absolute Gasteiger partial charge is 0.411 e. The Morgan fingerprint density at radius 2 is 1.68 bits per heavy atom. The first-order valence-corrected chi connectivity index (χ1v) is 9.84. The summed E-state index contributed by atoms with van der Waals surface area (Å²) >= 11 is 0. The lowest BCUT2D eigenvalue weighted by Gasteiger charge is -2.10. The highest BCUT2D eigenvalue weighted by Crippen LogP contribution is 2.15. The number of methoxy groups -OCH3 is 1. The Kier molecular flexibility index (Phi) is 9.29. The van der Waals surface area contributed by atoms with Gasteiger partial charge in [-0.1, -0.05) is 54.5 Å². The summed E-state index contributed by atoms with van der Waals surface area (Å²) in [6.45, 7) is 6.24. The maximum atomic E-state index is 11.9. The molecule has 2 aromatic carbocycles. The number of amides is 1. The van der Waals surface area contributed by atoms with Gasteiger partial charge in [0.05, 0.1) is 12.7 Å². The van der Waals surface area contributed by atoms with E-state index in [1.807, 2.05) is 30.3 Å². The molecular formula is C24H31NO3. The second kappa shape index (κ2) is 12.0. The van der Waals surface area contributed by atoms with Crippen LogP contribution in [0, 0.1) is 6.92 Å². The Bertz CT molecular complexity index is 723. The van der Waals surface area contributed by atoms with Crippen LogP contribution < -0.4 is 5.32 Å². The summed E-state index contributed by atoms with van der Waals surface area (Å²) in [5.74, 6) is 0. The van der Waals surface area contributed by atoms with Gasteiger partial charge in [0.1, 0.15) is 0 Å². The Morgan fingerprint density at radius 1 is 1.04 bits per heavy atom. The van der Waals surface area contributed by atoms with Crippen LogP contribution in [0.3, 0.4) is 0 Å². The summed E-state index contributed by atoms with van der Waals surface area (Å²) < 4.78 is 10.5. The predicted molar refractivity (Wildman–Crippen MR) is 115 cm³/mol. The minimum Gasteiger partial charge on any atom is -0.449 e. The van der Waals surface area contributed by atoms with Gasteiger partial charge in [-0.25, -0.2) is 4.79 Å². The molecule has 4 nitrogen and oxygen atoms in total. The molecule has 1 N–H and O–H groups in total. The number of hydrogen-bond donors (Lipinski definition) is 1. The summed E-state index contributed by atoms with van der Waals surface area (Å²) in [5, 5.41) is 2.77. The third-order valence-electron chi connectivity index (χ3n) is 4.66. The molecule has 1 atom stereocenters. The lowest BCUT2D eigenvalue weighted by Crippen LogP contribution is -2.14. The fraction of sp³-hybridized carbons (Fsp3) is 0.375. The van der Waals surface area contributed by atoms with E-state index in [0.717, 1.165) is 37.8 Å². The quantitative estimate of drug-likeness (QED) is 0.390. The number of hydrogen-bond acceptors (Lipinski definition) is 3. The Hall–Kier alpha value is -2.59. The summed E-state index contributed by atoms with van der Waals surface area (Å²) in [5.41, 5.74) is 4.48. The number of aryl methyl sites for hydroxylation is 1. The summed E-state index contributed by atoms with van der Waals surface area (Å²) in [6, 6.07) is 16.4. The zero-order valence-corrected chi connectivity index (χ0v) is 16.9. The number of unbranched alkanes of at least 4 members (excludes halogenated alkanes) is 2. The first-order valence-electron chi connectivity index (χ1n) is 9.84. The van der Waals surface area contributed by atoms with Crippen molar-refractivity contribution < 1.29 is 14.3 Å².